The van der Waals surface area contributed by atoms with Crippen LogP contribution in [0.1, 0.15) is 39.2 Å². The number of nitrogens with one attached hydrogen (secondary N) is 1. The highest BCUT2D eigenvalue weighted by Gasteiger charge is 2.33. The summed E-state index contributed by atoms with van der Waals surface area (Å²) in [7, 11) is 1.65. The fraction of sp³-hybridized carbons (Fsp3) is 0.579. The number of ether oxygens (including phenoxy) is 1. The molecule has 2 rings (SSSR count). The van der Waals surface area contributed by atoms with Gasteiger partial charge in [0.05, 0.1) is 5.92 Å². The van der Waals surface area contributed by atoms with Crippen LogP contribution in [0.4, 0.5) is 5.69 Å². The maximum absolute atomic E-state index is 12.4. The Labute approximate surface area is 144 Å². The Bertz CT molecular complexity index is 575. The fourth-order valence-corrected chi connectivity index (χ4v) is 2.86. The van der Waals surface area contributed by atoms with Crippen LogP contribution in [0, 0.1) is 5.92 Å². The SMILES string of the molecule is COCCCN1CC(C(=O)Nc2ccc(C(C)(C)C)cc2)CC1=O. The molecule has 0 spiro atoms. The van der Waals surface area contributed by atoms with Crippen molar-refractivity contribution < 1.29 is 14.3 Å². The quantitative estimate of drug-likeness (QED) is 0.815. The van der Waals surface area contributed by atoms with E-state index in [1.54, 1.807) is 12.0 Å². The average Bonchev–Trinajstić information content (AvgIpc) is 2.89. The van der Waals surface area contributed by atoms with Crippen LogP contribution >= 0.6 is 0 Å². The Morgan fingerprint density at radius 1 is 1.29 bits per heavy atom. The molecule has 1 atom stereocenters. The lowest BCUT2D eigenvalue weighted by Gasteiger charge is -2.19. The molecule has 1 saturated heterocycles. The molecule has 24 heavy (non-hydrogen) atoms. The first kappa shape index (κ1) is 18.5. The Morgan fingerprint density at radius 2 is 1.96 bits per heavy atom. The van der Waals surface area contributed by atoms with E-state index in [1.165, 1.54) is 5.56 Å². The third-order valence-corrected chi connectivity index (χ3v) is 4.38. The van der Waals surface area contributed by atoms with Crippen LogP contribution in [0.15, 0.2) is 24.3 Å². The first-order chi connectivity index (χ1) is 11.3. The van der Waals surface area contributed by atoms with E-state index in [9.17, 15) is 9.59 Å². The lowest BCUT2D eigenvalue weighted by molar-refractivity contribution is -0.128. The number of amides is 2. The number of carbonyl (C=O) groups excluding carboxylic acids is 2. The number of methoxy groups -OCH3 is 1. The van der Waals surface area contributed by atoms with Gasteiger partial charge in [-0.15, -0.1) is 0 Å². The van der Waals surface area contributed by atoms with E-state index in [0.29, 0.717) is 26.1 Å². The number of anilines is 1. The van der Waals surface area contributed by atoms with Crippen LogP contribution in [0.5, 0.6) is 0 Å². The minimum atomic E-state index is -0.276. The molecule has 1 aromatic rings. The van der Waals surface area contributed by atoms with E-state index in [1.807, 2.05) is 24.3 Å². The molecule has 0 bridgehead atoms. The maximum atomic E-state index is 12.4. The van der Waals surface area contributed by atoms with Gasteiger partial charge in [0.2, 0.25) is 11.8 Å². The van der Waals surface area contributed by atoms with Crippen molar-refractivity contribution in [1.82, 2.24) is 4.90 Å². The zero-order valence-electron chi connectivity index (χ0n) is 15.1. The Kier molecular flexibility index (Phi) is 5.99. The molecule has 1 unspecified atom stereocenters. The molecule has 1 aliphatic heterocycles. The summed E-state index contributed by atoms with van der Waals surface area (Å²) >= 11 is 0. The molecule has 0 aliphatic carbocycles. The van der Waals surface area contributed by atoms with Crippen LogP contribution in [0.2, 0.25) is 0 Å². The molecule has 1 aliphatic rings. The molecular formula is C19H28N2O3. The number of nitrogens with zero attached hydrogens (tertiary/aromatic N) is 1. The van der Waals surface area contributed by atoms with Gasteiger partial charge < -0.3 is 15.0 Å². The van der Waals surface area contributed by atoms with Crippen molar-refractivity contribution in [1.29, 1.82) is 0 Å². The van der Waals surface area contributed by atoms with E-state index < -0.39 is 0 Å². The van der Waals surface area contributed by atoms with Crippen molar-refractivity contribution in [2.24, 2.45) is 5.92 Å². The van der Waals surface area contributed by atoms with E-state index in [0.717, 1.165) is 12.1 Å². The second-order valence-corrected chi connectivity index (χ2v) is 7.40. The van der Waals surface area contributed by atoms with Crippen molar-refractivity contribution in [2.75, 3.05) is 32.1 Å². The molecule has 5 heteroatoms. The van der Waals surface area contributed by atoms with Crippen molar-refractivity contribution >= 4 is 17.5 Å². The average molecular weight is 332 g/mol. The summed E-state index contributed by atoms with van der Waals surface area (Å²) in [4.78, 5) is 26.2. The van der Waals surface area contributed by atoms with Crippen LogP contribution in [-0.4, -0.2) is 43.5 Å². The monoisotopic (exact) mass is 332 g/mol. The summed E-state index contributed by atoms with van der Waals surface area (Å²) < 4.78 is 5.01. The van der Waals surface area contributed by atoms with Gasteiger partial charge in [-0.25, -0.2) is 0 Å². The third kappa shape index (κ3) is 4.81. The van der Waals surface area contributed by atoms with Crippen LogP contribution < -0.4 is 5.32 Å². The van der Waals surface area contributed by atoms with Crippen molar-refractivity contribution in [2.45, 2.75) is 39.0 Å². The zero-order valence-corrected chi connectivity index (χ0v) is 15.1. The highest BCUT2D eigenvalue weighted by atomic mass is 16.5. The van der Waals surface area contributed by atoms with Crippen LogP contribution in [0.3, 0.4) is 0 Å². The van der Waals surface area contributed by atoms with Gasteiger partial charge in [-0.2, -0.15) is 0 Å². The summed E-state index contributed by atoms with van der Waals surface area (Å²) in [5, 5.41) is 2.93. The summed E-state index contributed by atoms with van der Waals surface area (Å²) in [6.07, 6.45) is 1.09. The number of rotatable bonds is 6. The summed E-state index contributed by atoms with van der Waals surface area (Å²) in [6.45, 7) is 8.24. The molecule has 0 saturated carbocycles. The zero-order chi connectivity index (χ0) is 17.7. The summed E-state index contributed by atoms with van der Waals surface area (Å²) in [5.41, 5.74) is 2.09. The number of hydrogen-bond donors (Lipinski definition) is 1. The van der Waals surface area contributed by atoms with Gasteiger partial charge in [-0.05, 0) is 29.5 Å². The predicted octanol–water partition coefficient (Wildman–Crippen LogP) is 2.81. The standard InChI is InChI=1S/C19H28N2O3/c1-19(2,3)15-6-8-16(9-7-15)20-18(23)14-12-17(22)21(13-14)10-5-11-24-4/h6-9,14H,5,10-13H2,1-4H3,(H,20,23). The Morgan fingerprint density at radius 3 is 2.54 bits per heavy atom. The van der Waals surface area contributed by atoms with Gasteiger partial charge in [0.25, 0.3) is 0 Å². The molecule has 1 heterocycles. The predicted molar refractivity (Wildman–Crippen MR) is 95.0 cm³/mol. The Hall–Kier alpha value is -1.88. The fourth-order valence-electron chi connectivity index (χ4n) is 2.86. The second kappa shape index (κ2) is 7.79. The third-order valence-electron chi connectivity index (χ3n) is 4.38. The highest BCUT2D eigenvalue weighted by Crippen LogP contribution is 2.24. The molecule has 1 fully saturated rings. The van der Waals surface area contributed by atoms with Crippen LogP contribution in [0.25, 0.3) is 0 Å². The van der Waals surface area contributed by atoms with Crippen molar-refractivity contribution in [3.05, 3.63) is 29.8 Å². The van der Waals surface area contributed by atoms with Gasteiger partial charge in [0.15, 0.2) is 0 Å². The highest BCUT2D eigenvalue weighted by molar-refractivity contribution is 5.97. The first-order valence-corrected chi connectivity index (χ1v) is 8.49. The summed E-state index contributed by atoms with van der Waals surface area (Å²) in [5.74, 6) is -0.308. The minimum absolute atomic E-state index is 0.0503. The van der Waals surface area contributed by atoms with Gasteiger partial charge in [-0.3, -0.25) is 9.59 Å². The van der Waals surface area contributed by atoms with Gasteiger partial charge in [0, 0.05) is 38.9 Å². The molecule has 0 aromatic heterocycles. The number of hydrogen-bond acceptors (Lipinski definition) is 3. The molecule has 132 valence electrons. The minimum Gasteiger partial charge on any atom is -0.385 e. The topological polar surface area (TPSA) is 58.6 Å². The number of carbonyl (C=O) groups is 2. The first-order valence-electron chi connectivity index (χ1n) is 8.49. The molecule has 5 nitrogen and oxygen atoms in total. The molecular weight excluding hydrogens is 304 g/mol. The number of likely N-dealkylation sites (tertiary alicyclic amines) is 1. The van der Waals surface area contributed by atoms with Crippen LogP contribution in [-0.2, 0) is 19.7 Å². The lowest BCUT2D eigenvalue weighted by Crippen LogP contribution is -2.29. The van der Waals surface area contributed by atoms with E-state index in [4.69, 9.17) is 4.74 Å². The van der Waals surface area contributed by atoms with E-state index >= 15 is 0 Å². The summed E-state index contributed by atoms with van der Waals surface area (Å²) in [6, 6.07) is 7.91. The van der Waals surface area contributed by atoms with E-state index in [2.05, 4.69) is 26.1 Å². The smallest absolute Gasteiger partial charge is 0.229 e. The maximum Gasteiger partial charge on any atom is 0.229 e. The van der Waals surface area contributed by atoms with Gasteiger partial charge >= 0.3 is 0 Å². The van der Waals surface area contributed by atoms with E-state index in [-0.39, 0.29) is 23.1 Å². The van der Waals surface area contributed by atoms with Crippen molar-refractivity contribution in [3.8, 4) is 0 Å². The van der Waals surface area contributed by atoms with Crippen molar-refractivity contribution in [3.63, 3.8) is 0 Å². The normalized spacial score (nSPS) is 18.1. The van der Waals surface area contributed by atoms with Gasteiger partial charge in [0.1, 0.15) is 0 Å². The van der Waals surface area contributed by atoms with Gasteiger partial charge in [-0.1, -0.05) is 32.9 Å². The number of benzene rings is 1. The molecule has 2 amide bonds. The largest absolute Gasteiger partial charge is 0.385 e. The molecule has 1 N–H and O–H groups in total. The lowest BCUT2D eigenvalue weighted by atomic mass is 9.87. The molecule has 0 radical (unpaired) electrons. The second-order valence-electron chi connectivity index (χ2n) is 7.40. The Balaban J connectivity index is 1.90. The molecule has 1 aromatic carbocycles.